The number of hydrogen-bond acceptors (Lipinski definition) is 6. The van der Waals surface area contributed by atoms with Crippen LogP contribution in [0.2, 0.25) is 0 Å². The van der Waals surface area contributed by atoms with Gasteiger partial charge in [-0.15, -0.1) is 0 Å². The fourth-order valence-corrected chi connectivity index (χ4v) is 3.53. The molecule has 2 aliphatic rings. The van der Waals surface area contributed by atoms with E-state index in [1.54, 1.807) is 6.92 Å². The predicted molar refractivity (Wildman–Crippen MR) is 109 cm³/mol. The summed E-state index contributed by atoms with van der Waals surface area (Å²) in [5.74, 6) is -0.708. The molecule has 2 aromatic carbocycles. The number of hydrogen-bond donors (Lipinski definition) is 0. The molecule has 148 valence electrons. The van der Waals surface area contributed by atoms with E-state index in [0.29, 0.717) is 12.8 Å². The first-order valence-electron chi connectivity index (χ1n) is 9.74. The molecule has 6 nitrogen and oxygen atoms in total. The topological polar surface area (TPSA) is 77.3 Å². The van der Waals surface area contributed by atoms with E-state index < -0.39 is 18.1 Å². The van der Waals surface area contributed by atoms with E-state index in [1.165, 1.54) is 0 Å². The lowest BCUT2D eigenvalue weighted by Crippen LogP contribution is -2.31. The van der Waals surface area contributed by atoms with Gasteiger partial charge in [-0.25, -0.2) is 0 Å². The molecule has 0 bridgehead atoms. The highest BCUT2D eigenvalue weighted by atomic mass is 16.6. The summed E-state index contributed by atoms with van der Waals surface area (Å²) < 4.78 is 0. The van der Waals surface area contributed by atoms with Gasteiger partial charge in [-0.05, 0) is 11.1 Å². The minimum atomic E-state index is -0.645. The second kappa shape index (κ2) is 8.39. The number of ketones is 2. The van der Waals surface area contributed by atoms with Crippen molar-refractivity contribution in [1.82, 2.24) is 0 Å². The van der Waals surface area contributed by atoms with Gasteiger partial charge in [0.05, 0.1) is 11.4 Å². The number of nitrogens with zero attached hydrogens (tertiary/aromatic N) is 2. The van der Waals surface area contributed by atoms with Crippen LogP contribution < -0.4 is 0 Å². The zero-order valence-electron chi connectivity index (χ0n) is 16.2. The number of carbonyl (C=O) groups excluding carboxylic acids is 2. The van der Waals surface area contributed by atoms with Crippen LogP contribution in [0.3, 0.4) is 0 Å². The SMILES string of the molecule is C[C@@H](CC(=O)[C@H]1CC(c2ccccc2)=NO1)C(=O)[C@@H]1CC(c2ccccc2)=NO1. The fourth-order valence-electron chi connectivity index (χ4n) is 3.53. The highest BCUT2D eigenvalue weighted by Crippen LogP contribution is 2.23. The average molecular weight is 390 g/mol. The summed E-state index contributed by atoms with van der Waals surface area (Å²) in [5.41, 5.74) is 3.39. The Labute approximate surface area is 169 Å². The third-order valence-electron chi connectivity index (χ3n) is 5.22. The molecule has 0 N–H and O–H groups in total. The van der Waals surface area contributed by atoms with Crippen LogP contribution in [0.1, 0.15) is 37.3 Å². The van der Waals surface area contributed by atoms with E-state index in [2.05, 4.69) is 10.3 Å². The summed E-state index contributed by atoms with van der Waals surface area (Å²) in [6, 6.07) is 19.3. The predicted octanol–water partition coefficient (Wildman–Crippen LogP) is 3.54. The molecule has 0 amide bonds. The zero-order valence-corrected chi connectivity index (χ0v) is 16.2. The highest BCUT2D eigenvalue weighted by Gasteiger charge is 2.35. The summed E-state index contributed by atoms with van der Waals surface area (Å²) in [5, 5.41) is 8.11. The molecule has 6 heteroatoms. The molecular weight excluding hydrogens is 368 g/mol. The van der Waals surface area contributed by atoms with Crippen molar-refractivity contribution in [2.24, 2.45) is 16.2 Å². The number of rotatable bonds is 7. The van der Waals surface area contributed by atoms with E-state index in [4.69, 9.17) is 9.68 Å². The van der Waals surface area contributed by atoms with Gasteiger partial charge < -0.3 is 9.68 Å². The van der Waals surface area contributed by atoms with Crippen LogP contribution in [0.5, 0.6) is 0 Å². The van der Waals surface area contributed by atoms with Crippen LogP contribution in [0.25, 0.3) is 0 Å². The maximum atomic E-state index is 12.7. The Kier molecular flexibility index (Phi) is 5.51. The van der Waals surface area contributed by atoms with Crippen LogP contribution in [-0.2, 0) is 19.3 Å². The monoisotopic (exact) mass is 390 g/mol. The Morgan fingerprint density at radius 1 is 0.862 bits per heavy atom. The molecule has 0 fully saturated rings. The summed E-state index contributed by atoms with van der Waals surface area (Å²) in [7, 11) is 0. The van der Waals surface area contributed by atoms with Crippen molar-refractivity contribution in [3.05, 3.63) is 71.8 Å². The molecule has 4 rings (SSSR count). The van der Waals surface area contributed by atoms with Crippen LogP contribution in [0, 0.1) is 5.92 Å². The second-order valence-electron chi connectivity index (χ2n) is 7.38. The Balaban J connectivity index is 1.29. The van der Waals surface area contributed by atoms with Crippen molar-refractivity contribution in [3.8, 4) is 0 Å². The van der Waals surface area contributed by atoms with E-state index in [1.807, 2.05) is 60.7 Å². The molecular formula is C23H22N2O4. The maximum absolute atomic E-state index is 12.7. The number of oxime groups is 2. The van der Waals surface area contributed by atoms with Crippen molar-refractivity contribution >= 4 is 23.0 Å². The summed E-state index contributed by atoms with van der Waals surface area (Å²) in [6.07, 6.45) is -0.343. The molecule has 3 atom stereocenters. The number of Topliss-reactive ketones (excluding diaryl/α,β-unsaturated/α-hetero) is 2. The van der Waals surface area contributed by atoms with Gasteiger partial charge in [0.15, 0.2) is 23.8 Å². The Morgan fingerprint density at radius 3 is 1.90 bits per heavy atom. The second-order valence-corrected chi connectivity index (χ2v) is 7.38. The van der Waals surface area contributed by atoms with Crippen molar-refractivity contribution in [1.29, 1.82) is 0 Å². The molecule has 0 radical (unpaired) electrons. The molecule has 2 aromatic rings. The van der Waals surface area contributed by atoms with E-state index in [-0.39, 0.29) is 18.0 Å². The molecule has 0 spiro atoms. The van der Waals surface area contributed by atoms with Gasteiger partial charge in [-0.1, -0.05) is 77.9 Å². The molecule has 2 aliphatic heterocycles. The standard InChI is InChI=1S/C23H22N2O4/c1-15(23(27)22-14-19(25-29-22)17-10-6-3-7-11-17)12-20(26)21-13-18(24-28-21)16-8-4-2-5-9-16/h2-11,15,21-22H,12-14H2,1H3/t15-,21+,22-/m0/s1. The first-order chi connectivity index (χ1) is 14.1. The number of carbonyl (C=O) groups is 2. The summed E-state index contributed by atoms with van der Waals surface area (Å²) in [6.45, 7) is 1.75. The van der Waals surface area contributed by atoms with Crippen LogP contribution in [-0.4, -0.2) is 35.2 Å². The van der Waals surface area contributed by atoms with E-state index in [0.717, 1.165) is 22.6 Å². The maximum Gasteiger partial charge on any atom is 0.191 e. The van der Waals surface area contributed by atoms with Gasteiger partial charge in [-0.3, -0.25) is 9.59 Å². The largest absolute Gasteiger partial charge is 0.384 e. The van der Waals surface area contributed by atoms with Gasteiger partial charge in [0.2, 0.25) is 0 Å². The molecule has 2 heterocycles. The van der Waals surface area contributed by atoms with Crippen molar-refractivity contribution in [3.63, 3.8) is 0 Å². The highest BCUT2D eigenvalue weighted by molar-refractivity contribution is 6.06. The smallest absolute Gasteiger partial charge is 0.191 e. The van der Waals surface area contributed by atoms with Crippen LogP contribution in [0.15, 0.2) is 71.0 Å². The van der Waals surface area contributed by atoms with E-state index in [9.17, 15) is 9.59 Å². The fraction of sp³-hybridized carbons (Fsp3) is 0.304. The van der Waals surface area contributed by atoms with Crippen molar-refractivity contribution in [2.45, 2.75) is 38.4 Å². The van der Waals surface area contributed by atoms with Gasteiger partial charge in [0.25, 0.3) is 0 Å². The Hall–Kier alpha value is -3.28. The first-order valence-corrected chi connectivity index (χ1v) is 9.74. The minimum absolute atomic E-state index is 0.0988. The summed E-state index contributed by atoms with van der Waals surface area (Å²) in [4.78, 5) is 36.1. The third kappa shape index (κ3) is 4.26. The lowest BCUT2D eigenvalue weighted by Gasteiger charge is -2.15. The van der Waals surface area contributed by atoms with Crippen LogP contribution in [0.4, 0.5) is 0 Å². The lowest BCUT2D eigenvalue weighted by molar-refractivity contribution is -0.137. The summed E-state index contributed by atoms with van der Waals surface area (Å²) >= 11 is 0. The number of benzene rings is 2. The first kappa shape index (κ1) is 19.1. The normalized spacial score (nSPS) is 21.6. The Bertz CT molecular complexity index is 953. The van der Waals surface area contributed by atoms with Crippen molar-refractivity contribution < 1.29 is 19.3 Å². The van der Waals surface area contributed by atoms with Gasteiger partial charge in [0, 0.05) is 25.2 Å². The Morgan fingerprint density at radius 2 is 1.34 bits per heavy atom. The van der Waals surface area contributed by atoms with Gasteiger partial charge in [-0.2, -0.15) is 0 Å². The molecule has 29 heavy (non-hydrogen) atoms. The van der Waals surface area contributed by atoms with Crippen molar-refractivity contribution in [2.75, 3.05) is 0 Å². The van der Waals surface area contributed by atoms with Gasteiger partial charge in [0.1, 0.15) is 0 Å². The quantitative estimate of drug-likeness (QED) is 0.725. The van der Waals surface area contributed by atoms with Crippen LogP contribution >= 0.6 is 0 Å². The molecule has 0 unspecified atom stereocenters. The third-order valence-corrected chi connectivity index (χ3v) is 5.22. The molecule has 0 saturated heterocycles. The molecule has 0 aliphatic carbocycles. The lowest BCUT2D eigenvalue weighted by atomic mass is 9.90. The van der Waals surface area contributed by atoms with Gasteiger partial charge >= 0.3 is 0 Å². The zero-order chi connectivity index (χ0) is 20.2. The minimum Gasteiger partial charge on any atom is -0.384 e. The molecule has 0 aromatic heterocycles. The average Bonchev–Trinajstić information content (AvgIpc) is 3.45. The molecule has 0 saturated carbocycles. The van der Waals surface area contributed by atoms with E-state index >= 15 is 0 Å².